The molecular formula is C22H22FN3O3. The van der Waals surface area contributed by atoms with Crippen LogP contribution >= 0.6 is 0 Å². The van der Waals surface area contributed by atoms with Gasteiger partial charge in [0.2, 0.25) is 5.88 Å². The SMILES string of the molecule is COc1ccc(C(=O)N2CCCC(c3ncc(Cc4ccc(F)cc4)o3)C2)cn1. The topological polar surface area (TPSA) is 68.5 Å². The van der Waals surface area contributed by atoms with E-state index in [1.807, 2.05) is 4.90 Å². The van der Waals surface area contributed by atoms with Crippen LogP contribution < -0.4 is 4.74 Å². The predicted octanol–water partition coefficient (Wildman–Crippen LogP) is 3.83. The number of piperidine rings is 1. The Kier molecular flexibility index (Phi) is 5.55. The summed E-state index contributed by atoms with van der Waals surface area (Å²) in [4.78, 5) is 23.2. The molecule has 6 nitrogen and oxygen atoms in total. The van der Waals surface area contributed by atoms with Crippen molar-refractivity contribution in [2.75, 3.05) is 20.2 Å². The quantitative estimate of drug-likeness (QED) is 0.657. The number of pyridine rings is 1. The summed E-state index contributed by atoms with van der Waals surface area (Å²) in [5, 5.41) is 0. The Labute approximate surface area is 168 Å². The van der Waals surface area contributed by atoms with Crippen molar-refractivity contribution < 1.29 is 18.3 Å². The monoisotopic (exact) mass is 395 g/mol. The normalized spacial score (nSPS) is 16.6. The maximum absolute atomic E-state index is 13.1. The summed E-state index contributed by atoms with van der Waals surface area (Å²) in [6.07, 6.45) is 5.61. The first-order valence-corrected chi connectivity index (χ1v) is 9.61. The number of ether oxygens (including phenoxy) is 1. The number of carbonyl (C=O) groups is 1. The molecule has 1 amide bonds. The Balaban J connectivity index is 1.42. The third kappa shape index (κ3) is 4.45. The number of hydrogen-bond acceptors (Lipinski definition) is 5. The van der Waals surface area contributed by atoms with Crippen LogP contribution in [-0.4, -0.2) is 41.0 Å². The molecule has 1 aromatic carbocycles. The van der Waals surface area contributed by atoms with Crippen LogP contribution in [0.25, 0.3) is 0 Å². The highest BCUT2D eigenvalue weighted by molar-refractivity contribution is 5.94. The Hall–Kier alpha value is -3.22. The fourth-order valence-corrected chi connectivity index (χ4v) is 3.57. The molecule has 0 radical (unpaired) electrons. The summed E-state index contributed by atoms with van der Waals surface area (Å²) in [5.74, 6) is 1.60. The van der Waals surface area contributed by atoms with E-state index in [4.69, 9.17) is 9.15 Å². The Morgan fingerprint density at radius 2 is 2.03 bits per heavy atom. The van der Waals surface area contributed by atoms with E-state index < -0.39 is 0 Å². The molecule has 2 aromatic heterocycles. The minimum absolute atomic E-state index is 0.0528. The van der Waals surface area contributed by atoms with E-state index in [1.54, 1.807) is 37.6 Å². The molecule has 1 aliphatic heterocycles. The number of carbonyl (C=O) groups excluding carboxylic acids is 1. The molecule has 4 rings (SSSR count). The van der Waals surface area contributed by atoms with E-state index in [9.17, 15) is 9.18 Å². The van der Waals surface area contributed by atoms with Gasteiger partial charge in [0.15, 0.2) is 5.89 Å². The molecule has 7 heteroatoms. The number of aromatic nitrogens is 2. The fraction of sp³-hybridized carbons (Fsp3) is 0.318. The predicted molar refractivity (Wildman–Crippen MR) is 104 cm³/mol. The van der Waals surface area contributed by atoms with Crippen LogP contribution in [0.1, 0.15) is 46.3 Å². The van der Waals surface area contributed by atoms with Crippen molar-refractivity contribution in [3.63, 3.8) is 0 Å². The molecular weight excluding hydrogens is 373 g/mol. The number of methoxy groups -OCH3 is 1. The summed E-state index contributed by atoms with van der Waals surface area (Å²) >= 11 is 0. The third-order valence-electron chi connectivity index (χ3n) is 5.11. The third-order valence-corrected chi connectivity index (χ3v) is 5.11. The summed E-state index contributed by atoms with van der Waals surface area (Å²) < 4.78 is 24.1. The molecule has 0 spiro atoms. The summed E-state index contributed by atoms with van der Waals surface area (Å²) in [5.41, 5.74) is 1.50. The van der Waals surface area contributed by atoms with Gasteiger partial charge in [-0.2, -0.15) is 0 Å². The molecule has 0 saturated carbocycles. The largest absolute Gasteiger partial charge is 0.481 e. The highest BCUT2D eigenvalue weighted by Gasteiger charge is 2.28. The van der Waals surface area contributed by atoms with Gasteiger partial charge in [-0.3, -0.25) is 4.79 Å². The lowest BCUT2D eigenvalue weighted by molar-refractivity contribution is 0.0697. The van der Waals surface area contributed by atoms with E-state index >= 15 is 0 Å². The molecule has 29 heavy (non-hydrogen) atoms. The van der Waals surface area contributed by atoms with E-state index in [-0.39, 0.29) is 17.6 Å². The minimum Gasteiger partial charge on any atom is -0.481 e. The molecule has 3 heterocycles. The first-order chi connectivity index (χ1) is 14.1. The van der Waals surface area contributed by atoms with Crippen molar-refractivity contribution in [1.82, 2.24) is 14.9 Å². The standard InChI is InChI=1S/C22H22FN3O3/c1-28-20-9-6-16(12-24-20)22(27)26-10-2-3-17(14-26)21-25-13-19(29-21)11-15-4-7-18(23)8-5-15/h4-9,12-13,17H,2-3,10-11,14H2,1H3. The van der Waals surface area contributed by atoms with E-state index in [2.05, 4.69) is 9.97 Å². The molecule has 1 fully saturated rings. The molecule has 1 unspecified atom stereocenters. The average Bonchev–Trinajstić information content (AvgIpc) is 3.23. The number of benzene rings is 1. The smallest absolute Gasteiger partial charge is 0.255 e. The van der Waals surface area contributed by atoms with E-state index in [0.29, 0.717) is 36.8 Å². The zero-order valence-electron chi connectivity index (χ0n) is 16.2. The average molecular weight is 395 g/mol. The van der Waals surface area contributed by atoms with Gasteiger partial charge in [0, 0.05) is 31.8 Å². The van der Waals surface area contributed by atoms with Crippen molar-refractivity contribution in [2.45, 2.75) is 25.2 Å². The second-order valence-electron chi connectivity index (χ2n) is 7.15. The lowest BCUT2D eigenvalue weighted by atomic mass is 9.97. The lowest BCUT2D eigenvalue weighted by Gasteiger charge is -2.31. The number of amides is 1. The number of hydrogen-bond donors (Lipinski definition) is 0. The minimum atomic E-state index is -0.258. The second kappa shape index (κ2) is 8.43. The van der Waals surface area contributed by atoms with Gasteiger partial charge in [-0.25, -0.2) is 14.4 Å². The number of oxazole rings is 1. The molecule has 1 atom stereocenters. The van der Waals surface area contributed by atoms with Gasteiger partial charge >= 0.3 is 0 Å². The Morgan fingerprint density at radius 3 is 2.76 bits per heavy atom. The van der Waals surface area contributed by atoms with Gasteiger partial charge in [-0.1, -0.05) is 12.1 Å². The van der Waals surface area contributed by atoms with Crippen molar-refractivity contribution in [2.24, 2.45) is 0 Å². The number of halogens is 1. The van der Waals surface area contributed by atoms with Crippen LogP contribution in [0, 0.1) is 5.82 Å². The summed E-state index contributed by atoms with van der Waals surface area (Å²) in [6.45, 7) is 1.26. The zero-order chi connectivity index (χ0) is 20.2. The summed E-state index contributed by atoms with van der Waals surface area (Å²) in [6, 6.07) is 9.76. The number of nitrogens with zero attached hydrogens (tertiary/aromatic N) is 3. The highest BCUT2D eigenvalue weighted by Crippen LogP contribution is 2.28. The summed E-state index contributed by atoms with van der Waals surface area (Å²) in [7, 11) is 1.54. The maximum atomic E-state index is 13.1. The first-order valence-electron chi connectivity index (χ1n) is 9.61. The number of likely N-dealkylation sites (tertiary alicyclic amines) is 1. The van der Waals surface area contributed by atoms with Crippen molar-refractivity contribution >= 4 is 5.91 Å². The number of rotatable bonds is 5. The van der Waals surface area contributed by atoms with E-state index in [1.165, 1.54) is 18.3 Å². The van der Waals surface area contributed by atoms with Crippen molar-refractivity contribution in [3.05, 3.63) is 77.4 Å². The van der Waals surface area contributed by atoms with E-state index in [0.717, 1.165) is 24.2 Å². The molecule has 1 saturated heterocycles. The van der Waals surface area contributed by atoms with Gasteiger partial charge in [-0.05, 0) is 36.6 Å². The van der Waals surface area contributed by atoms with Gasteiger partial charge in [0.1, 0.15) is 11.6 Å². The maximum Gasteiger partial charge on any atom is 0.255 e. The zero-order valence-corrected chi connectivity index (χ0v) is 16.2. The Bertz CT molecular complexity index is 970. The molecule has 0 N–H and O–H groups in total. The molecule has 0 aliphatic carbocycles. The van der Waals surface area contributed by atoms with Gasteiger partial charge in [0.05, 0.1) is 24.8 Å². The molecule has 3 aromatic rings. The highest BCUT2D eigenvalue weighted by atomic mass is 19.1. The van der Waals surface area contributed by atoms with Crippen LogP contribution in [-0.2, 0) is 6.42 Å². The van der Waals surface area contributed by atoms with Gasteiger partial charge < -0.3 is 14.1 Å². The van der Waals surface area contributed by atoms with Crippen LogP contribution in [0.5, 0.6) is 5.88 Å². The van der Waals surface area contributed by atoms with Gasteiger partial charge in [0.25, 0.3) is 5.91 Å². The van der Waals surface area contributed by atoms with Crippen molar-refractivity contribution in [1.29, 1.82) is 0 Å². The van der Waals surface area contributed by atoms with Crippen LogP contribution in [0.15, 0.2) is 53.2 Å². The molecule has 1 aliphatic rings. The van der Waals surface area contributed by atoms with Crippen LogP contribution in [0.3, 0.4) is 0 Å². The fourth-order valence-electron chi connectivity index (χ4n) is 3.57. The second-order valence-corrected chi connectivity index (χ2v) is 7.15. The molecule has 0 bridgehead atoms. The van der Waals surface area contributed by atoms with Crippen molar-refractivity contribution in [3.8, 4) is 5.88 Å². The lowest BCUT2D eigenvalue weighted by Crippen LogP contribution is -2.39. The van der Waals surface area contributed by atoms with Crippen LogP contribution in [0.2, 0.25) is 0 Å². The molecule has 150 valence electrons. The Morgan fingerprint density at radius 1 is 1.21 bits per heavy atom. The van der Waals surface area contributed by atoms with Gasteiger partial charge in [-0.15, -0.1) is 0 Å². The van der Waals surface area contributed by atoms with Crippen LogP contribution in [0.4, 0.5) is 4.39 Å². The first kappa shape index (κ1) is 19.1.